The van der Waals surface area contributed by atoms with Gasteiger partial charge in [-0.15, -0.1) is 0 Å². The van der Waals surface area contributed by atoms with Crippen LogP contribution >= 0.6 is 11.6 Å². The largest absolute Gasteiger partial charge is 0.391 e. The smallest absolute Gasteiger partial charge is 0.270 e. The molecule has 18 heavy (non-hydrogen) atoms. The van der Waals surface area contributed by atoms with E-state index in [-0.39, 0.29) is 11.9 Å². The molecule has 2 rings (SSSR count). The van der Waals surface area contributed by atoms with E-state index in [0.29, 0.717) is 10.7 Å². The van der Waals surface area contributed by atoms with Gasteiger partial charge in [-0.2, -0.15) is 0 Å². The molecule has 0 radical (unpaired) electrons. The summed E-state index contributed by atoms with van der Waals surface area (Å²) in [5.41, 5.74) is 0.556. The molecule has 1 aromatic heterocycles. The summed E-state index contributed by atoms with van der Waals surface area (Å²) >= 11 is 5.89. The Bertz CT molecular complexity index is 444. The van der Waals surface area contributed by atoms with Crippen molar-refractivity contribution in [2.45, 2.75) is 37.8 Å². The topological polar surface area (TPSA) is 45.5 Å². The molecule has 1 N–H and O–H groups in total. The molecule has 4 nitrogen and oxygen atoms in total. The van der Waals surface area contributed by atoms with Crippen molar-refractivity contribution in [1.29, 1.82) is 0 Å². The van der Waals surface area contributed by atoms with Crippen molar-refractivity contribution < 1.29 is 9.90 Å². The van der Waals surface area contributed by atoms with Crippen LogP contribution in [0.15, 0.2) is 12.3 Å². The van der Waals surface area contributed by atoms with E-state index in [4.69, 9.17) is 11.6 Å². The molecule has 1 aliphatic carbocycles. The maximum Gasteiger partial charge on any atom is 0.270 e. The number of aromatic nitrogens is 1. The molecule has 1 amide bonds. The lowest BCUT2D eigenvalue weighted by Crippen LogP contribution is -2.46. The molecule has 1 aliphatic rings. The summed E-state index contributed by atoms with van der Waals surface area (Å²) in [6, 6.07) is 1.58. The summed E-state index contributed by atoms with van der Waals surface area (Å²) in [5, 5.41) is 10.5. The number of hydrogen-bond donors (Lipinski definition) is 1. The molecule has 5 heteroatoms. The van der Waals surface area contributed by atoms with Gasteiger partial charge in [0.1, 0.15) is 5.69 Å². The van der Waals surface area contributed by atoms with Crippen molar-refractivity contribution >= 4 is 17.5 Å². The van der Waals surface area contributed by atoms with Gasteiger partial charge in [0.2, 0.25) is 0 Å². The number of carbonyl (C=O) groups excluding carboxylic acids is 1. The first-order valence-electron chi connectivity index (χ1n) is 6.28. The highest BCUT2D eigenvalue weighted by molar-refractivity contribution is 6.31. The number of aryl methyl sites for hydroxylation is 1. The van der Waals surface area contributed by atoms with Crippen LogP contribution in [0.3, 0.4) is 0 Å². The van der Waals surface area contributed by atoms with Crippen molar-refractivity contribution in [2.75, 3.05) is 7.05 Å². The Morgan fingerprint density at radius 3 is 2.72 bits per heavy atom. The molecule has 0 aromatic carbocycles. The average molecular weight is 271 g/mol. The van der Waals surface area contributed by atoms with Gasteiger partial charge in [-0.3, -0.25) is 4.79 Å². The third-order valence-electron chi connectivity index (χ3n) is 3.70. The zero-order valence-electron chi connectivity index (χ0n) is 10.8. The Kier molecular flexibility index (Phi) is 3.97. The maximum absolute atomic E-state index is 12.4. The fourth-order valence-electron chi connectivity index (χ4n) is 2.61. The van der Waals surface area contributed by atoms with Crippen LogP contribution in [-0.4, -0.2) is 39.7 Å². The Balaban J connectivity index is 2.15. The van der Waals surface area contributed by atoms with Crippen LogP contribution in [0.1, 0.15) is 36.2 Å². The molecular formula is C13H19ClN2O2. The molecule has 0 saturated heterocycles. The van der Waals surface area contributed by atoms with Crippen molar-refractivity contribution in [1.82, 2.24) is 9.47 Å². The van der Waals surface area contributed by atoms with Gasteiger partial charge in [0.25, 0.3) is 5.91 Å². The number of aliphatic hydroxyl groups excluding tert-OH is 1. The summed E-state index contributed by atoms with van der Waals surface area (Å²) < 4.78 is 1.72. The van der Waals surface area contributed by atoms with E-state index >= 15 is 0 Å². The Morgan fingerprint density at radius 1 is 1.50 bits per heavy atom. The van der Waals surface area contributed by atoms with Crippen molar-refractivity contribution in [3.63, 3.8) is 0 Å². The van der Waals surface area contributed by atoms with Gasteiger partial charge in [0, 0.05) is 20.3 Å². The summed E-state index contributed by atoms with van der Waals surface area (Å²) in [5.74, 6) is -0.0876. The fraction of sp³-hybridized carbons (Fsp3) is 0.615. The lowest BCUT2D eigenvalue weighted by molar-refractivity contribution is 0.0262. The normalized spacial score (nSPS) is 24.0. The van der Waals surface area contributed by atoms with Crippen LogP contribution in [0.5, 0.6) is 0 Å². The van der Waals surface area contributed by atoms with Gasteiger partial charge in [0.15, 0.2) is 0 Å². The third-order valence-corrected chi connectivity index (χ3v) is 3.91. The minimum atomic E-state index is -0.413. The number of aliphatic hydroxyl groups is 1. The lowest BCUT2D eigenvalue weighted by Gasteiger charge is -2.35. The number of carbonyl (C=O) groups is 1. The van der Waals surface area contributed by atoms with Crippen LogP contribution in [0.2, 0.25) is 5.02 Å². The molecule has 1 fully saturated rings. The number of hydrogen-bond acceptors (Lipinski definition) is 2. The zero-order valence-corrected chi connectivity index (χ0v) is 11.5. The van der Waals surface area contributed by atoms with Gasteiger partial charge in [-0.1, -0.05) is 24.4 Å². The minimum Gasteiger partial charge on any atom is -0.391 e. The first kappa shape index (κ1) is 13.4. The Morgan fingerprint density at radius 2 is 2.17 bits per heavy atom. The summed E-state index contributed by atoms with van der Waals surface area (Å²) in [6.45, 7) is 0. The Labute approximate surface area is 112 Å². The number of nitrogens with zero attached hydrogens (tertiary/aromatic N) is 2. The third kappa shape index (κ3) is 2.54. The van der Waals surface area contributed by atoms with Crippen LogP contribution in [0, 0.1) is 0 Å². The second kappa shape index (κ2) is 5.33. The van der Waals surface area contributed by atoms with Gasteiger partial charge in [-0.05, 0) is 18.9 Å². The van der Waals surface area contributed by atoms with Crippen LogP contribution < -0.4 is 0 Å². The summed E-state index contributed by atoms with van der Waals surface area (Å²) in [4.78, 5) is 14.0. The van der Waals surface area contributed by atoms with Gasteiger partial charge < -0.3 is 14.6 Å². The quantitative estimate of drug-likeness (QED) is 0.894. The second-order valence-corrected chi connectivity index (χ2v) is 5.43. The van der Waals surface area contributed by atoms with E-state index in [9.17, 15) is 9.90 Å². The van der Waals surface area contributed by atoms with Gasteiger partial charge in [0.05, 0.1) is 17.2 Å². The predicted octanol–water partition coefficient (Wildman–Crippen LogP) is 2.05. The molecule has 0 aliphatic heterocycles. The number of halogens is 1. The lowest BCUT2D eigenvalue weighted by atomic mass is 9.91. The van der Waals surface area contributed by atoms with E-state index in [1.165, 1.54) is 0 Å². The molecule has 2 atom stereocenters. The average Bonchev–Trinajstić information content (AvgIpc) is 2.67. The minimum absolute atomic E-state index is 0.0834. The molecule has 1 aromatic rings. The monoisotopic (exact) mass is 270 g/mol. The highest BCUT2D eigenvalue weighted by Gasteiger charge is 2.30. The first-order valence-corrected chi connectivity index (χ1v) is 6.65. The standard InChI is InChI=1S/C13H19ClN2O2/c1-15-8-9(14)7-11(15)13(18)16(2)10-5-3-4-6-12(10)17/h7-8,10,12,17H,3-6H2,1-2H3. The van der Waals surface area contributed by atoms with Gasteiger partial charge >= 0.3 is 0 Å². The highest BCUT2D eigenvalue weighted by atomic mass is 35.5. The second-order valence-electron chi connectivity index (χ2n) is 4.99. The molecular weight excluding hydrogens is 252 g/mol. The maximum atomic E-state index is 12.4. The van der Waals surface area contributed by atoms with Crippen LogP contribution in [0.4, 0.5) is 0 Å². The van der Waals surface area contributed by atoms with Gasteiger partial charge in [-0.25, -0.2) is 0 Å². The van der Waals surface area contributed by atoms with E-state index in [2.05, 4.69) is 0 Å². The highest BCUT2D eigenvalue weighted by Crippen LogP contribution is 2.24. The van der Waals surface area contributed by atoms with E-state index in [0.717, 1.165) is 25.7 Å². The Hall–Kier alpha value is -1.00. The zero-order chi connectivity index (χ0) is 13.3. The molecule has 1 saturated carbocycles. The number of amides is 1. The van der Waals surface area contributed by atoms with Crippen LogP contribution in [0.25, 0.3) is 0 Å². The summed E-state index contributed by atoms with van der Waals surface area (Å²) in [6.07, 6.45) is 5.03. The fourth-order valence-corrected chi connectivity index (χ4v) is 2.86. The van der Waals surface area contributed by atoms with Crippen molar-refractivity contribution in [2.24, 2.45) is 7.05 Å². The number of likely N-dealkylation sites (N-methyl/N-ethyl adjacent to an activating group) is 1. The summed E-state index contributed by atoms with van der Waals surface area (Å²) in [7, 11) is 3.55. The molecule has 2 unspecified atom stereocenters. The first-order chi connectivity index (χ1) is 8.50. The molecule has 100 valence electrons. The SMILES string of the molecule is CN(C(=O)c1cc(Cl)cn1C)C1CCCCC1O. The molecule has 0 spiro atoms. The number of rotatable bonds is 2. The van der Waals surface area contributed by atoms with E-state index in [1.807, 2.05) is 0 Å². The van der Waals surface area contributed by atoms with Crippen LogP contribution in [-0.2, 0) is 7.05 Å². The predicted molar refractivity (Wildman–Crippen MR) is 70.8 cm³/mol. The molecule has 1 heterocycles. The van der Waals surface area contributed by atoms with E-state index in [1.54, 1.807) is 35.8 Å². The van der Waals surface area contributed by atoms with E-state index < -0.39 is 6.10 Å². The molecule has 0 bridgehead atoms. The van der Waals surface area contributed by atoms with Crippen molar-refractivity contribution in [3.05, 3.63) is 23.0 Å². The van der Waals surface area contributed by atoms with Crippen molar-refractivity contribution in [3.8, 4) is 0 Å².